The molecule has 0 saturated carbocycles. The van der Waals surface area contributed by atoms with E-state index in [9.17, 15) is 4.11 Å². The van der Waals surface area contributed by atoms with Crippen LogP contribution in [0.25, 0.3) is 75.8 Å². The second-order valence-electron chi connectivity index (χ2n) is 7.85. The van der Waals surface area contributed by atoms with Crippen molar-refractivity contribution in [2.75, 3.05) is 0 Å². The van der Waals surface area contributed by atoms with Gasteiger partial charge >= 0.3 is 0 Å². The van der Waals surface area contributed by atoms with Gasteiger partial charge in [0.15, 0.2) is 0 Å². The zero-order valence-electron chi connectivity index (χ0n) is 36.1. The van der Waals surface area contributed by atoms with Crippen molar-refractivity contribution in [3.05, 3.63) is 121 Å². The molecule has 8 rings (SSSR count). The first-order valence-corrected chi connectivity index (χ1v) is 10.3. The van der Waals surface area contributed by atoms with E-state index in [0.717, 1.165) is 0 Å². The average Bonchev–Trinajstić information content (AvgIpc) is 3.12. The number of fused-ring (bicyclic) bond motifs is 6. The maximum absolute atomic E-state index is 9.28. The van der Waals surface area contributed by atoms with Gasteiger partial charge in [0.25, 0.3) is 0 Å². The van der Waals surface area contributed by atoms with Gasteiger partial charge in [0.1, 0.15) is 0 Å². The van der Waals surface area contributed by atoms with Gasteiger partial charge < -0.3 is 0 Å². The fraction of sp³-hybridized carbons (Fsp3) is 0. The van der Waals surface area contributed by atoms with Crippen molar-refractivity contribution in [1.29, 1.82) is 0 Å². The predicted octanol–water partition coefficient (Wildman–Crippen LogP) is 9.71. The Hall–Kier alpha value is -4.42. The van der Waals surface area contributed by atoms with Crippen LogP contribution in [-0.2, 0) is 0 Å². The van der Waals surface area contributed by atoms with Gasteiger partial charge in [0.2, 0.25) is 0 Å². The molecular weight excluding hydrogens is 408 g/mol. The summed E-state index contributed by atoms with van der Waals surface area (Å²) in [5.41, 5.74) is -0.685. The Morgan fingerprint density at radius 1 is 0.353 bits per heavy atom. The molecular formula is C34H20. The normalized spacial score (nSPS) is 19.9. The molecule has 156 valence electrons. The van der Waals surface area contributed by atoms with Gasteiger partial charge in [-0.1, -0.05) is 115 Å². The smallest absolute Gasteiger partial charge is 0.0616 e. The zero-order chi connectivity index (χ0) is 38.8. The minimum atomic E-state index is -0.697. The number of rotatable bonds is 1. The summed E-state index contributed by atoms with van der Waals surface area (Å²) in [7, 11) is 0. The van der Waals surface area contributed by atoms with Crippen LogP contribution in [0.5, 0.6) is 0 Å². The molecule has 0 radical (unpaired) electrons. The van der Waals surface area contributed by atoms with E-state index in [0.29, 0.717) is 0 Å². The van der Waals surface area contributed by atoms with E-state index in [1.165, 1.54) is 6.07 Å². The van der Waals surface area contributed by atoms with Crippen LogP contribution >= 0.6 is 0 Å². The first kappa shape index (κ1) is 7.82. The average molecular weight is 448 g/mol. The van der Waals surface area contributed by atoms with Crippen LogP contribution in [-0.4, -0.2) is 0 Å². The van der Waals surface area contributed by atoms with Gasteiger partial charge in [-0.15, -0.1) is 0 Å². The first-order chi connectivity index (χ1) is 24.8. The van der Waals surface area contributed by atoms with E-state index >= 15 is 0 Å². The molecule has 0 amide bonds. The van der Waals surface area contributed by atoms with Gasteiger partial charge in [-0.2, -0.15) is 0 Å². The van der Waals surface area contributed by atoms with E-state index in [-0.39, 0.29) is 75.8 Å². The Balaban J connectivity index is 1.72. The Labute approximate surface area is 223 Å². The van der Waals surface area contributed by atoms with Crippen LogP contribution in [0.1, 0.15) is 26.0 Å². The van der Waals surface area contributed by atoms with Crippen LogP contribution in [0.4, 0.5) is 0 Å². The quantitative estimate of drug-likeness (QED) is 0.220. The zero-order valence-corrected chi connectivity index (χ0v) is 17.1. The van der Waals surface area contributed by atoms with Gasteiger partial charge in [0, 0.05) is 0 Å². The molecule has 0 fully saturated rings. The van der Waals surface area contributed by atoms with Gasteiger partial charge in [-0.3, -0.25) is 0 Å². The summed E-state index contributed by atoms with van der Waals surface area (Å²) in [6, 6.07) is -11.1. The molecule has 0 aliphatic heterocycles. The SMILES string of the molecule is [2H]c1c([2H])c2c([2H])c([2H])c3c([2H])c([2H])c(-c4cc5c(c([2H])c4[2H])c4c([2H])c([2H])c([2H])c([2H])c4c4c([2H])c([2H])c([2H])c([2H])c54)c4c([2H])c([2H])c(c1[2H])c2c34. The van der Waals surface area contributed by atoms with E-state index < -0.39 is 115 Å². The molecule has 0 aliphatic rings. The standard InChI is InChI=1S/C34H20/c1-2-10-28-26(8-1)27-9-3-4-11-29(27)32-20-24(16-18-30(28)32)25-17-14-23-13-12-21-6-5-7-22-15-19-31(25)34(23)33(21)22/h1-20H/i1D,2D,3D,4D,5D,6D,7D,8D,9D,10D,11D,12D,13D,14D,15D,16D,17D,18D,19D. The van der Waals surface area contributed by atoms with Crippen molar-refractivity contribution in [3.63, 3.8) is 0 Å². The Morgan fingerprint density at radius 2 is 0.853 bits per heavy atom. The summed E-state index contributed by atoms with van der Waals surface area (Å²) in [6.07, 6.45) is 0. The molecule has 0 spiro atoms. The highest BCUT2D eigenvalue weighted by molar-refractivity contribution is 6.27. The fourth-order valence-electron chi connectivity index (χ4n) is 4.63. The van der Waals surface area contributed by atoms with E-state index in [1.54, 1.807) is 0 Å². The second kappa shape index (κ2) is 6.56. The molecule has 0 aliphatic carbocycles. The van der Waals surface area contributed by atoms with Gasteiger partial charge in [0.05, 0.1) is 26.0 Å². The molecule has 0 saturated heterocycles. The van der Waals surface area contributed by atoms with Crippen molar-refractivity contribution < 1.29 is 26.0 Å². The maximum Gasteiger partial charge on any atom is 0.0630 e. The van der Waals surface area contributed by atoms with Crippen LogP contribution in [0.2, 0.25) is 0 Å². The largest absolute Gasteiger partial charge is 0.0630 e. The molecule has 0 heterocycles. The van der Waals surface area contributed by atoms with Crippen LogP contribution in [0.3, 0.4) is 0 Å². The number of hydrogen-bond donors (Lipinski definition) is 0. The Morgan fingerprint density at radius 3 is 1.53 bits per heavy atom. The predicted molar refractivity (Wildman–Crippen MR) is 148 cm³/mol. The maximum atomic E-state index is 9.28. The van der Waals surface area contributed by atoms with Crippen molar-refractivity contribution in [3.8, 4) is 11.1 Å². The van der Waals surface area contributed by atoms with E-state index in [1.807, 2.05) is 0 Å². The molecule has 0 aromatic heterocycles. The van der Waals surface area contributed by atoms with Gasteiger partial charge in [-0.25, -0.2) is 0 Å². The second-order valence-corrected chi connectivity index (χ2v) is 7.85. The molecule has 0 heteroatoms. The summed E-state index contributed by atoms with van der Waals surface area (Å²) in [4.78, 5) is 0. The highest BCUT2D eigenvalue weighted by atomic mass is 14.2. The molecule has 0 nitrogen and oxygen atoms in total. The highest BCUT2D eigenvalue weighted by Gasteiger charge is 2.14. The molecule has 8 aromatic rings. The topological polar surface area (TPSA) is 0 Å². The van der Waals surface area contributed by atoms with Crippen LogP contribution in [0, 0.1) is 0 Å². The van der Waals surface area contributed by atoms with Crippen LogP contribution in [0.15, 0.2) is 121 Å². The van der Waals surface area contributed by atoms with Gasteiger partial charge in [-0.05, 0) is 81.8 Å². The summed E-state index contributed by atoms with van der Waals surface area (Å²) < 4.78 is 167. The molecule has 0 bridgehead atoms. The Bertz CT molecular complexity index is 3030. The Kier molecular flexibility index (Phi) is 1.51. The lowest BCUT2D eigenvalue weighted by molar-refractivity contribution is 1.71. The molecule has 0 N–H and O–H groups in total. The third-order valence-corrected chi connectivity index (χ3v) is 6.11. The lowest BCUT2D eigenvalue weighted by atomic mass is 9.88. The summed E-state index contributed by atoms with van der Waals surface area (Å²) in [5, 5.41) is -2.96. The molecule has 0 unspecified atom stereocenters. The highest BCUT2D eigenvalue weighted by Crippen LogP contribution is 2.41. The molecule has 8 aromatic carbocycles. The van der Waals surface area contributed by atoms with Crippen molar-refractivity contribution >= 4 is 64.6 Å². The van der Waals surface area contributed by atoms with E-state index in [4.69, 9.17) is 21.9 Å². The van der Waals surface area contributed by atoms with Crippen molar-refractivity contribution in [1.82, 2.24) is 0 Å². The number of benzene rings is 8. The summed E-state index contributed by atoms with van der Waals surface area (Å²) in [6.45, 7) is 0. The third-order valence-electron chi connectivity index (χ3n) is 6.11. The lowest BCUT2D eigenvalue weighted by Crippen LogP contribution is -1.88. The minimum absolute atomic E-state index is 0.127. The van der Waals surface area contributed by atoms with E-state index in [2.05, 4.69) is 0 Å². The van der Waals surface area contributed by atoms with Crippen LogP contribution < -0.4 is 0 Å². The number of hydrogen-bond acceptors (Lipinski definition) is 0. The molecule has 0 atom stereocenters. The fourth-order valence-corrected chi connectivity index (χ4v) is 4.63. The monoisotopic (exact) mass is 447 g/mol. The van der Waals surface area contributed by atoms with Crippen molar-refractivity contribution in [2.24, 2.45) is 0 Å². The summed E-state index contributed by atoms with van der Waals surface area (Å²) >= 11 is 0. The molecule has 34 heavy (non-hydrogen) atoms. The van der Waals surface area contributed by atoms with Crippen molar-refractivity contribution in [2.45, 2.75) is 0 Å². The lowest BCUT2D eigenvalue weighted by Gasteiger charge is -2.15. The third kappa shape index (κ3) is 2.32. The minimum Gasteiger partial charge on any atom is -0.0616 e. The first-order valence-electron chi connectivity index (χ1n) is 19.8. The summed E-state index contributed by atoms with van der Waals surface area (Å²) in [5.74, 6) is 0.